The summed E-state index contributed by atoms with van der Waals surface area (Å²) in [4.78, 5) is 27.2. The topological polar surface area (TPSA) is 86.8 Å². The highest BCUT2D eigenvalue weighted by atomic mass is 32.2. The van der Waals surface area contributed by atoms with Gasteiger partial charge < -0.3 is 10.2 Å². The molecule has 9 heteroatoms. The quantitative estimate of drug-likeness (QED) is 0.653. The van der Waals surface area contributed by atoms with Gasteiger partial charge in [-0.25, -0.2) is 17.1 Å². The van der Waals surface area contributed by atoms with E-state index in [-0.39, 0.29) is 29.7 Å². The number of anilines is 1. The Kier molecular flexibility index (Phi) is 7.63. The number of hydrogen-bond donors (Lipinski definition) is 1. The van der Waals surface area contributed by atoms with Crippen molar-refractivity contribution >= 4 is 27.5 Å². The molecule has 2 aromatic carbocycles. The molecule has 0 aromatic heterocycles. The minimum atomic E-state index is -3.76. The normalized spacial score (nSPS) is 14.1. The van der Waals surface area contributed by atoms with Crippen LogP contribution in [0.4, 0.5) is 10.1 Å². The van der Waals surface area contributed by atoms with Crippen LogP contribution in [0.3, 0.4) is 0 Å². The number of aryl methyl sites for hydroxylation is 1. The number of para-hydroxylation sites is 1. The number of likely N-dealkylation sites (tertiary alicyclic amines) is 1. The molecule has 1 fully saturated rings. The van der Waals surface area contributed by atoms with Crippen molar-refractivity contribution < 1.29 is 22.4 Å². The van der Waals surface area contributed by atoms with Crippen LogP contribution >= 0.6 is 0 Å². The fourth-order valence-corrected chi connectivity index (χ4v) is 4.88. The molecule has 2 aromatic rings. The standard InChI is InChI=1S/C23H28FN3O4S/c1-17-7-5-8-20(23(29)27-15-3-4-16-27)22(17)25-21(28)9-6-14-26(2)32(30,31)19-12-10-18(24)11-13-19/h5,7-8,10-13H,3-4,6,9,14-16H2,1-2H3,(H,25,28). The van der Waals surface area contributed by atoms with E-state index < -0.39 is 15.8 Å². The summed E-state index contributed by atoms with van der Waals surface area (Å²) in [5.74, 6) is -0.893. The maximum Gasteiger partial charge on any atom is 0.255 e. The van der Waals surface area contributed by atoms with E-state index in [1.165, 1.54) is 19.2 Å². The van der Waals surface area contributed by atoms with E-state index in [0.29, 0.717) is 17.7 Å². The lowest BCUT2D eigenvalue weighted by Gasteiger charge is -2.20. The summed E-state index contributed by atoms with van der Waals surface area (Å²) in [6.07, 6.45) is 2.35. The van der Waals surface area contributed by atoms with Gasteiger partial charge in [0, 0.05) is 33.1 Å². The summed E-state index contributed by atoms with van der Waals surface area (Å²) in [6.45, 7) is 3.39. The maximum absolute atomic E-state index is 13.1. The Morgan fingerprint density at radius 1 is 1.09 bits per heavy atom. The molecule has 0 atom stereocenters. The molecule has 1 aliphatic rings. The Hall–Kier alpha value is -2.78. The Labute approximate surface area is 188 Å². The van der Waals surface area contributed by atoms with Crippen molar-refractivity contribution in [2.75, 3.05) is 32.0 Å². The first-order valence-electron chi connectivity index (χ1n) is 10.6. The lowest BCUT2D eigenvalue weighted by atomic mass is 10.1. The maximum atomic E-state index is 13.1. The zero-order valence-electron chi connectivity index (χ0n) is 18.3. The molecule has 1 N–H and O–H groups in total. The molecule has 3 rings (SSSR count). The third-order valence-corrected chi connectivity index (χ3v) is 7.43. The van der Waals surface area contributed by atoms with Crippen LogP contribution < -0.4 is 5.32 Å². The van der Waals surface area contributed by atoms with Crippen LogP contribution in [0, 0.1) is 12.7 Å². The summed E-state index contributed by atoms with van der Waals surface area (Å²) < 4.78 is 39.3. The van der Waals surface area contributed by atoms with E-state index in [1.54, 1.807) is 17.0 Å². The average Bonchev–Trinajstić information content (AvgIpc) is 3.30. The first-order chi connectivity index (χ1) is 15.2. The van der Waals surface area contributed by atoms with Crippen LogP contribution in [-0.4, -0.2) is 56.1 Å². The molecule has 0 radical (unpaired) electrons. The Balaban J connectivity index is 1.59. The summed E-state index contributed by atoms with van der Waals surface area (Å²) in [7, 11) is -2.34. The largest absolute Gasteiger partial charge is 0.339 e. The number of hydrogen-bond acceptors (Lipinski definition) is 4. The van der Waals surface area contributed by atoms with Crippen molar-refractivity contribution in [3.8, 4) is 0 Å². The van der Waals surface area contributed by atoms with E-state index in [0.717, 1.165) is 47.9 Å². The van der Waals surface area contributed by atoms with Crippen molar-refractivity contribution in [1.29, 1.82) is 0 Å². The number of carbonyl (C=O) groups excluding carboxylic acids is 2. The van der Waals surface area contributed by atoms with Crippen LogP contribution in [-0.2, 0) is 14.8 Å². The van der Waals surface area contributed by atoms with Gasteiger partial charge in [-0.15, -0.1) is 0 Å². The zero-order chi connectivity index (χ0) is 23.3. The number of sulfonamides is 1. The molecule has 7 nitrogen and oxygen atoms in total. The zero-order valence-corrected chi connectivity index (χ0v) is 19.1. The van der Waals surface area contributed by atoms with E-state index >= 15 is 0 Å². The van der Waals surface area contributed by atoms with E-state index in [4.69, 9.17) is 0 Å². The second-order valence-electron chi connectivity index (χ2n) is 7.93. The van der Waals surface area contributed by atoms with Crippen molar-refractivity contribution in [3.05, 3.63) is 59.4 Å². The fourth-order valence-electron chi connectivity index (χ4n) is 3.67. The molecule has 0 unspecified atom stereocenters. The molecule has 172 valence electrons. The monoisotopic (exact) mass is 461 g/mol. The second-order valence-corrected chi connectivity index (χ2v) is 9.97. The van der Waals surface area contributed by atoms with Gasteiger partial charge in [-0.3, -0.25) is 9.59 Å². The van der Waals surface area contributed by atoms with Gasteiger partial charge in [0.15, 0.2) is 0 Å². The van der Waals surface area contributed by atoms with Crippen LogP contribution in [0.25, 0.3) is 0 Å². The number of halogens is 1. The Bertz CT molecular complexity index is 1080. The predicted octanol–water partition coefficient (Wildman–Crippen LogP) is 3.41. The summed E-state index contributed by atoms with van der Waals surface area (Å²) in [5, 5.41) is 2.84. The number of carbonyl (C=O) groups is 2. The van der Waals surface area contributed by atoms with Gasteiger partial charge in [0.05, 0.1) is 16.1 Å². The number of rotatable bonds is 8. The second kappa shape index (κ2) is 10.2. The van der Waals surface area contributed by atoms with Crippen molar-refractivity contribution in [2.24, 2.45) is 0 Å². The number of benzene rings is 2. The van der Waals surface area contributed by atoms with Gasteiger partial charge in [-0.2, -0.15) is 0 Å². The Morgan fingerprint density at radius 2 is 1.75 bits per heavy atom. The highest BCUT2D eigenvalue weighted by molar-refractivity contribution is 7.89. The molecule has 0 spiro atoms. The van der Waals surface area contributed by atoms with Crippen molar-refractivity contribution in [2.45, 2.75) is 37.5 Å². The van der Waals surface area contributed by atoms with Gasteiger partial charge in [0.2, 0.25) is 15.9 Å². The number of nitrogens with zero attached hydrogens (tertiary/aromatic N) is 2. The van der Waals surface area contributed by atoms with Gasteiger partial charge in [-0.05, 0) is 62.1 Å². The lowest BCUT2D eigenvalue weighted by molar-refractivity contribution is -0.116. The van der Waals surface area contributed by atoms with Gasteiger partial charge in [-0.1, -0.05) is 12.1 Å². The predicted molar refractivity (Wildman–Crippen MR) is 120 cm³/mol. The Morgan fingerprint density at radius 3 is 2.41 bits per heavy atom. The van der Waals surface area contributed by atoms with Crippen molar-refractivity contribution in [1.82, 2.24) is 9.21 Å². The fraction of sp³-hybridized carbons (Fsp3) is 0.391. The lowest BCUT2D eigenvalue weighted by Crippen LogP contribution is -2.30. The van der Waals surface area contributed by atoms with Crippen LogP contribution in [0.5, 0.6) is 0 Å². The van der Waals surface area contributed by atoms with E-state index in [1.807, 2.05) is 13.0 Å². The molecule has 0 saturated carbocycles. The molecular formula is C23H28FN3O4S. The molecule has 32 heavy (non-hydrogen) atoms. The average molecular weight is 462 g/mol. The number of nitrogens with one attached hydrogen (secondary N) is 1. The molecule has 1 heterocycles. The van der Waals surface area contributed by atoms with Crippen LogP contribution in [0.1, 0.15) is 41.6 Å². The summed E-state index contributed by atoms with van der Waals surface area (Å²) in [6, 6.07) is 9.96. The third-order valence-electron chi connectivity index (χ3n) is 5.56. The number of amides is 2. The molecular weight excluding hydrogens is 433 g/mol. The van der Waals surface area contributed by atoms with E-state index in [2.05, 4.69) is 5.32 Å². The molecule has 2 amide bonds. The van der Waals surface area contributed by atoms with E-state index in [9.17, 15) is 22.4 Å². The van der Waals surface area contributed by atoms with Gasteiger partial charge >= 0.3 is 0 Å². The van der Waals surface area contributed by atoms with Gasteiger partial charge in [0.25, 0.3) is 5.91 Å². The minimum Gasteiger partial charge on any atom is -0.339 e. The van der Waals surface area contributed by atoms with Gasteiger partial charge in [0.1, 0.15) is 5.82 Å². The van der Waals surface area contributed by atoms with Crippen LogP contribution in [0.15, 0.2) is 47.4 Å². The minimum absolute atomic E-state index is 0.00386. The van der Waals surface area contributed by atoms with Crippen molar-refractivity contribution in [3.63, 3.8) is 0 Å². The molecule has 1 saturated heterocycles. The molecule has 1 aliphatic heterocycles. The van der Waals surface area contributed by atoms with Crippen LogP contribution in [0.2, 0.25) is 0 Å². The summed E-state index contributed by atoms with van der Waals surface area (Å²) in [5.41, 5.74) is 1.76. The smallest absolute Gasteiger partial charge is 0.255 e. The highest BCUT2D eigenvalue weighted by Gasteiger charge is 2.24. The summed E-state index contributed by atoms with van der Waals surface area (Å²) >= 11 is 0. The first-order valence-corrected chi connectivity index (χ1v) is 12.0. The molecule has 0 bridgehead atoms. The third kappa shape index (κ3) is 5.52. The first kappa shape index (κ1) is 23.9. The SMILES string of the molecule is Cc1cccc(C(=O)N2CCCC2)c1NC(=O)CCCN(C)S(=O)(=O)c1ccc(F)cc1. The molecule has 0 aliphatic carbocycles. The highest BCUT2D eigenvalue weighted by Crippen LogP contribution is 2.24.